The van der Waals surface area contributed by atoms with Gasteiger partial charge < -0.3 is 15.4 Å². The van der Waals surface area contributed by atoms with Crippen LogP contribution in [0.3, 0.4) is 0 Å². The Kier molecular flexibility index (Phi) is 5.95. The largest absolute Gasteiger partial charge is 0.480 e. The summed E-state index contributed by atoms with van der Waals surface area (Å²) >= 11 is 1.16. The molecule has 1 rings (SSSR count). The summed E-state index contributed by atoms with van der Waals surface area (Å²) in [6.45, 7) is 5.19. The SMILES string of the molecule is CCC(C)[C@H](NC(=O)c1c(SC)nc(=O)[nH]c1C)C(=O)O. The van der Waals surface area contributed by atoms with Gasteiger partial charge in [-0.15, -0.1) is 11.8 Å². The number of aliphatic carboxylic acids is 1. The maximum absolute atomic E-state index is 12.3. The summed E-state index contributed by atoms with van der Waals surface area (Å²) in [5, 5.41) is 12.0. The molecule has 1 aromatic heterocycles. The van der Waals surface area contributed by atoms with E-state index in [9.17, 15) is 19.5 Å². The van der Waals surface area contributed by atoms with Gasteiger partial charge in [-0.3, -0.25) is 4.79 Å². The first-order chi connectivity index (χ1) is 9.81. The van der Waals surface area contributed by atoms with E-state index in [4.69, 9.17) is 0 Å². The molecule has 7 nitrogen and oxygen atoms in total. The zero-order chi connectivity index (χ0) is 16.2. The van der Waals surface area contributed by atoms with E-state index in [1.165, 1.54) is 0 Å². The van der Waals surface area contributed by atoms with Crippen molar-refractivity contribution in [3.05, 3.63) is 21.7 Å². The zero-order valence-electron chi connectivity index (χ0n) is 12.4. The van der Waals surface area contributed by atoms with Crippen molar-refractivity contribution >= 4 is 23.6 Å². The normalized spacial score (nSPS) is 13.5. The second-order valence-corrected chi connectivity index (χ2v) is 5.52. The molecule has 0 bridgehead atoms. The Bertz CT molecular complexity index is 600. The Balaban J connectivity index is 3.14. The van der Waals surface area contributed by atoms with E-state index in [-0.39, 0.29) is 16.5 Å². The van der Waals surface area contributed by atoms with Crippen molar-refractivity contribution in [1.29, 1.82) is 0 Å². The van der Waals surface area contributed by atoms with E-state index in [1.54, 1.807) is 20.1 Å². The number of aryl methyl sites for hydroxylation is 1. The van der Waals surface area contributed by atoms with Crippen molar-refractivity contribution in [3.63, 3.8) is 0 Å². The number of hydrogen-bond donors (Lipinski definition) is 3. The topological polar surface area (TPSA) is 112 Å². The van der Waals surface area contributed by atoms with Crippen molar-refractivity contribution in [2.75, 3.05) is 6.26 Å². The Labute approximate surface area is 126 Å². The number of nitrogens with one attached hydrogen (secondary N) is 2. The Morgan fingerprint density at radius 2 is 2.10 bits per heavy atom. The van der Waals surface area contributed by atoms with Crippen LogP contribution in [-0.4, -0.2) is 39.2 Å². The fourth-order valence-corrected chi connectivity index (χ4v) is 2.50. The van der Waals surface area contributed by atoms with Crippen LogP contribution in [0.1, 0.15) is 36.3 Å². The number of aromatic nitrogens is 2. The van der Waals surface area contributed by atoms with Crippen LogP contribution in [0.15, 0.2) is 9.82 Å². The number of carboxylic acids is 1. The second kappa shape index (κ2) is 7.26. The van der Waals surface area contributed by atoms with E-state index in [1.807, 2.05) is 6.92 Å². The lowest BCUT2D eigenvalue weighted by atomic mass is 9.99. The van der Waals surface area contributed by atoms with E-state index < -0.39 is 23.6 Å². The van der Waals surface area contributed by atoms with Crippen LogP contribution < -0.4 is 11.0 Å². The zero-order valence-corrected chi connectivity index (χ0v) is 13.2. The van der Waals surface area contributed by atoms with E-state index in [0.29, 0.717) is 12.1 Å². The van der Waals surface area contributed by atoms with Crippen LogP contribution in [0.5, 0.6) is 0 Å². The number of carboxylic acid groups (broad SMARTS) is 1. The first-order valence-corrected chi connectivity index (χ1v) is 7.72. The molecule has 1 aromatic rings. The number of H-pyrrole nitrogens is 1. The van der Waals surface area contributed by atoms with Crippen molar-refractivity contribution in [3.8, 4) is 0 Å². The van der Waals surface area contributed by atoms with Gasteiger partial charge in [0, 0.05) is 5.69 Å². The molecule has 0 radical (unpaired) electrons. The first-order valence-electron chi connectivity index (χ1n) is 6.50. The van der Waals surface area contributed by atoms with Gasteiger partial charge in [0.1, 0.15) is 11.1 Å². The van der Waals surface area contributed by atoms with E-state index in [0.717, 1.165) is 11.8 Å². The van der Waals surface area contributed by atoms with Crippen molar-refractivity contribution in [1.82, 2.24) is 15.3 Å². The van der Waals surface area contributed by atoms with Crippen LogP contribution in [0, 0.1) is 12.8 Å². The minimum atomic E-state index is -1.08. The predicted molar refractivity (Wildman–Crippen MR) is 79.7 cm³/mol. The third kappa shape index (κ3) is 4.07. The maximum atomic E-state index is 12.3. The summed E-state index contributed by atoms with van der Waals surface area (Å²) in [5.41, 5.74) is 0.0342. The average Bonchev–Trinajstić information content (AvgIpc) is 2.42. The van der Waals surface area contributed by atoms with Crippen molar-refractivity contribution in [2.45, 2.75) is 38.3 Å². The average molecular weight is 313 g/mol. The highest BCUT2D eigenvalue weighted by Crippen LogP contribution is 2.19. The summed E-state index contributed by atoms with van der Waals surface area (Å²) in [5.74, 6) is -1.84. The summed E-state index contributed by atoms with van der Waals surface area (Å²) < 4.78 is 0. The van der Waals surface area contributed by atoms with Gasteiger partial charge in [-0.2, -0.15) is 4.98 Å². The van der Waals surface area contributed by atoms with Crippen LogP contribution in [0.25, 0.3) is 0 Å². The molecule has 0 saturated carbocycles. The number of thioether (sulfide) groups is 1. The van der Waals surface area contributed by atoms with Crippen molar-refractivity contribution < 1.29 is 14.7 Å². The molecule has 0 aromatic carbocycles. The summed E-state index contributed by atoms with van der Waals surface area (Å²) in [7, 11) is 0. The van der Waals surface area contributed by atoms with Gasteiger partial charge in [-0.1, -0.05) is 20.3 Å². The van der Waals surface area contributed by atoms with Crippen molar-refractivity contribution in [2.24, 2.45) is 5.92 Å². The van der Waals surface area contributed by atoms with Gasteiger partial charge in [-0.05, 0) is 19.1 Å². The Morgan fingerprint density at radius 3 is 2.57 bits per heavy atom. The molecule has 0 saturated heterocycles. The second-order valence-electron chi connectivity index (χ2n) is 4.73. The lowest BCUT2D eigenvalue weighted by Gasteiger charge is -2.21. The molecule has 0 spiro atoms. The summed E-state index contributed by atoms with van der Waals surface area (Å²) in [6.07, 6.45) is 2.32. The molecule has 3 N–H and O–H groups in total. The molecule has 1 amide bonds. The first kappa shape index (κ1) is 17.2. The molecule has 1 heterocycles. The van der Waals surface area contributed by atoms with E-state index in [2.05, 4.69) is 15.3 Å². The lowest BCUT2D eigenvalue weighted by Crippen LogP contribution is -2.45. The predicted octanol–water partition coefficient (Wildman–Crippen LogP) is 1.03. The quantitative estimate of drug-likeness (QED) is 0.534. The fourth-order valence-electron chi connectivity index (χ4n) is 1.87. The standard InChI is InChI=1S/C13H19N3O4S/c1-5-6(2)9(12(18)19)15-10(17)8-7(3)14-13(20)16-11(8)21-4/h6,9H,5H2,1-4H3,(H,15,17)(H,18,19)(H,14,16,20)/t6?,9-/m0/s1. The number of carbonyl (C=O) groups is 2. The smallest absolute Gasteiger partial charge is 0.346 e. The lowest BCUT2D eigenvalue weighted by molar-refractivity contribution is -0.140. The van der Waals surface area contributed by atoms with Crippen LogP contribution in [0.4, 0.5) is 0 Å². The molecule has 116 valence electrons. The number of aromatic amines is 1. The van der Waals surface area contributed by atoms with Gasteiger partial charge in [0.05, 0.1) is 5.56 Å². The number of rotatable bonds is 6. The molecule has 1 unspecified atom stereocenters. The van der Waals surface area contributed by atoms with Crippen LogP contribution in [-0.2, 0) is 4.79 Å². The molecule has 0 aliphatic heterocycles. The molecule has 0 aliphatic carbocycles. The number of amides is 1. The maximum Gasteiger partial charge on any atom is 0.346 e. The highest BCUT2D eigenvalue weighted by molar-refractivity contribution is 7.98. The minimum Gasteiger partial charge on any atom is -0.480 e. The van der Waals surface area contributed by atoms with Gasteiger partial charge in [-0.25, -0.2) is 9.59 Å². The molecule has 0 aliphatic rings. The highest BCUT2D eigenvalue weighted by Gasteiger charge is 2.27. The molecular weight excluding hydrogens is 294 g/mol. The molecular formula is C13H19N3O4S. The fraction of sp³-hybridized carbons (Fsp3) is 0.538. The van der Waals surface area contributed by atoms with Gasteiger partial charge in [0.25, 0.3) is 5.91 Å². The monoisotopic (exact) mass is 313 g/mol. The van der Waals surface area contributed by atoms with E-state index >= 15 is 0 Å². The molecule has 0 fully saturated rings. The molecule has 21 heavy (non-hydrogen) atoms. The number of nitrogens with zero attached hydrogens (tertiary/aromatic N) is 1. The van der Waals surface area contributed by atoms with Crippen LogP contribution in [0.2, 0.25) is 0 Å². The summed E-state index contributed by atoms with van der Waals surface area (Å²) in [4.78, 5) is 41.1. The summed E-state index contributed by atoms with van der Waals surface area (Å²) in [6, 6.07) is -0.983. The van der Waals surface area contributed by atoms with Gasteiger partial charge >= 0.3 is 11.7 Å². The third-order valence-electron chi connectivity index (χ3n) is 3.27. The van der Waals surface area contributed by atoms with Crippen LogP contribution >= 0.6 is 11.8 Å². The Hall–Kier alpha value is -1.83. The molecule has 2 atom stereocenters. The number of hydrogen-bond acceptors (Lipinski definition) is 5. The van der Waals surface area contributed by atoms with Gasteiger partial charge in [0.2, 0.25) is 0 Å². The van der Waals surface area contributed by atoms with Gasteiger partial charge in [0.15, 0.2) is 0 Å². The number of carbonyl (C=O) groups excluding carboxylic acids is 1. The third-order valence-corrected chi connectivity index (χ3v) is 3.95. The minimum absolute atomic E-state index is 0.205. The highest BCUT2D eigenvalue weighted by atomic mass is 32.2. The molecule has 8 heteroatoms. The Morgan fingerprint density at radius 1 is 1.48 bits per heavy atom.